The van der Waals surface area contributed by atoms with Crippen LogP contribution in [0.2, 0.25) is 0 Å². The number of hydrogen-bond acceptors (Lipinski definition) is 4. The molecule has 0 spiro atoms. The maximum atomic E-state index is 5.38. The van der Waals surface area contributed by atoms with Crippen molar-refractivity contribution in [3.05, 3.63) is 23.8 Å². The molecule has 2 rings (SSSR count). The number of hydrogen-bond donors (Lipinski definition) is 1. The van der Waals surface area contributed by atoms with Gasteiger partial charge in [0.15, 0.2) is 11.5 Å². The highest BCUT2D eigenvalue weighted by molar-refractivity contribution is 7.98. The van der Waals surface area contributed by atoms with Gasteiger partial charge in [-0.2, -0.15) is 11.8 Å². The van der Waals surface area contributed by atoms with Crippen LogP contribution < -0.4 is 14.8 Å². The van der Waals surface area contributed by atoms with E-state index in [1.165, 1.54) is 5.56 Å². The predicted molar refractivity (Wildman–Crippen MR) is 67.4 cm³/mol. The Morgan fingerprint density at radius 1 is 1.38 bits per heavy atom. The van der Waals surface area contributed by atoms with Crippen molar-refractivity contribution >= 4 is 11.8 Å². The summed E-state index contributed by atoms with van der Waals surface area (Å²) in [6.07, 6.45) is 3.25. The zero-order valence-corrected chi connectivity index (χ0v) is 10.5. The van der Waals surface area contributed by atoms with Crippen LogP contribution in [-0.4, -0.2) is 25.8 Å². The molecule has 1 N–H and O–H groups in total. The molecule has 1 aliphatic heterocycles. The minimum absolute atomic E-state index is 0.341. The van der Waals surface area contributed by atoms with E-state index in [2.05, 4.69) is 23.7 Å². The van der Waals surface area contributed by atoms with Gasteiger partial charge in [0, 0.05) is 6.04 Å². The number of ether oxygens (including phenoxy) is 2. The molecule has 0 radical (unpaired) electrons. The van der Waals surface area contributed by atoms with Gasteiger partial charge in [-0.3, -0.25) is 0 Å². The smallest absolute Gasteiger partial charge is 0.231 e. The lowest BCUT2D eigenvalue weighted by molar-refractivity contribution is 0.174. The molecule has 1 aromatic rings. The fourth-order valence-corrected chi connectivity index (χ4v) is 2.31. The number of nitrogens with one attached hydrogen (secondary N) is 1. The summed E-state index contributed by atoms with van der Waals surface area (Å²) >= 11 is 1.87. The molecule has 1 aromatic carbocycles. The molecule has 0 saturated carbocycles. The normalized spacial score (nSPS) is 15.1. The fourth-order valence-electron chi connectivity index (χ4n) is 1.84. The van der Waals surface area contributed by atoms with Gasteiger partial charge in [0.2, 0.25) is 6.79 Å². The van der Waals surface area contributed by atoms with E-state index in [-0.39, 0.29) is 0 Å². The number of thioether (sulfide) groups is 1. The van der Waals surface area contributed by atoms with Crippen LogP contribution in [0.3, 0.4) is 0 Å². The maximum Gasteiger partial charge on any atom is 0.231 e. The lowest BCUT2D eigenvalue weighted by Gasteiger charge is -2.16. The highest BCUT2D eigenvalue weighted by atomic mass is 32.2. The van der Waals surface area contributed by atoms with Crippen molar-refractivity contribution in [1.29, 1.82) is 0 Å². The van der Waals surface area contributed by atoms with E-state index in [1.807, 2.05) is 24.9 Å². The zero-order chi connectivity index (χ0) is 11.4. The highest BCUT2D eigenvalue weighted by Gasteiger charge is 2.16. The Labute approximate surface area is 101 Å². The summed E-state index contributed by atoms with van der Waals surface area (Å²) < 4.78 is 10.7. The first kappa shape index (κ1) is 11.6. The van der Waals surface area contributed by atoms with Crippen molar-refractivity contribution in [3.8, 4) is 11.5 Å². The topological polar surface area (TPSA) is 30.5 Å². The predicted octanol–water partition coefficient (Wildman–Crippen LogP) is 2.43. The Bertz CT molecular complexity index is 357. The van der Waals surface area contributed by atoms with Crippen LogP contribution in [-0.2, 0) is 0 Å². The summed E-state index contributed by atoms with van der Waals surface area (Å²) in [5.41, 5.74) is 1.26. The molecule has 4 heteroatoms. The third-order valence-corrected chi connectivity index (χ3v) is 3.40. The van der Waals surface area contributed by atoms with Gasteiger partial charge in [-0.25, -0.2) is 0 Å². The fraction of sp³-hybridized carbons (Fsp3) is 0.500. The first-order valence-corrected chi connectivity index (χ1v) is 6.80. The largest absolute Gasteiger partial charge is 0.454 e. The summed E-state index contributed by atoms with van der Waals surface area (Å²) in [6, 6.07) is 6.56. The molecule has 0 aliphatic carbocycles. The molecule has 1 atom stereocenters. The van der Waals surface area contributed by atoms with Gasteiger partial charge in [-0.15, -0.1) is 0 Å². The van der Waals surface area contributed by atoms with E-state index >= 15 is 0 Å². The lowest BCUT2D eigenvalue weighted by atomic mass is 10.0. The Kier molecular flexibility index (Phi) is 3.96. The van der Waals surface area contributed by atoms with Crippen molar-refractivity contribution in [2.45, 2.75) is 12.5 Å². The second-order valence-electron chi connectivity index (χ2n) is 3.74. The lowest BCUT2D eigenvalue weighted by Crippen LogP contribution is -2.16. The van der Waals surface area contributed by atoms with E-state index < -0.39 is 0 Å². The highest BCUT2D eigenvalue weighted by Crippen LogP contribution is 2.34. The quantitative estimate of drug-likeness (QED) is 0.855. The van der Waals surface area contributed by atoms with Crippen LogP contribution in [0.5, 0.6) is 11.5 Å². The van der Waals surface area contributed by atoms with Crippen molar-refractivity contribution in [1.82, 2.24) is 5.32 Å². The summed E-state index contributed by atoms with van der Waals surface area (Å²) in [4.78, 5) is 0. The van der Waals surface area contributed by atoms with Crippen LogP contribution in [0.15, 0.2) is 18.2 Å². The van der Waals surface area contributed by atoms with E-state index in [0.29, 0.717) is 12.8 Å². The average molecular weight is 239 g/mol. The number of fused-ring (bicyclic) bond motifs is 1. The summed E-state index contributed by atoms with van der Waals surface area (Å²) in [7, 11) is 2.00. The molecular weight excluding hydrogens is 222 g/mol. The maximum absolute atomic E-state index is 5.38. The molecule has 0 saturated heterocycles. The Morgan fingerprint density at radius 2 is 2.19 bits per heavy atom. The molecule has 0 aromatic heterocycles. The Balaban J connectivity index is 2.12. The third-order valence-electron chi connectivity index (χ3n) is 2.76. The molecule has 3 nitrogen and oxygen atoms in total. The Morgan fingerprint density at radius 3 is 2.94 bits per heavy atom. The second-order valence-corrected chi connectivity index (χ2v) is 4.72. The van der Waals surface area contributed by atoms with Crippen molar-refractivity contribution in [3.63, 3.8) is 0 Å². The monoisotopic (exact) mass is 239 g/mol. The number of rotatable bonds is 5. The van der Waals surface area contributed by atoms with Crippen molar-refractivity contribution in [2.75, 3.05) is 25.8 Å². The van der Waals surface area contributed by atoms with Gasteiger partial charge >= 0.3 is 0 Å². The van der Waals surface area contributed by atoms with Gasteiger partial charge in [0.25, 0.3) is 0 Å². The minimum atomic E-state index is 0.341. The van der Waals surface area contributed by atoms with Crippen LogP contribution in [0.1, 0.15) is 18.0 Å². The second kappa shape index (κ2) is 5.46. The molecular formula is C12H17NO2S. The van der Waals surface area contributed by atoms with E-state index in [0.717, 1.165) is 23.7 Å². The van der Waals surface area contributed by atoms with Crippen LogP contribution in [0.25, 0.3) is 0 Å². The molecule has 0 fully saturated rings. The molecule has 1 aliphatic rings. The van der Waals surface area contributed by atoms with Gasteiger partial charge < -0.3 is 14.8 Å². The van der Waals surface area contributed by atoms with Crippen LogP contribution in [0.4, 0.5) is 0 Å². The molecule has 0 bridgehead atoms. The third kappa shape index (κ3) is 2.44. The van der Waals surface area contributed by atoms with E-state index in [4.69, 9.17) is 9.47 Å². The Hall–Kier alpha value is -0.870. The summed E-state index contributed by atoms with van der Waals surface area (Å²) in [5.74, 6) is 2.87. The minimum Gasteiger partial charge on any atom is -0.454 e. The van der Waals surface area contributed by atoms with Crippen molar-refractivity contribution in [2.24, 2.45) is 0 Å². The van der Waals surface area contributed by atoms with E-state index in [1.54, 1.807) is 0 Å². The van der Waals surface area contributed by atoms with Crippen LogP contribution >= 0.6 is 11.8 Å². The summed E-state index contributed by atoms with van der Waals surface area (Å²) in [6.45, 7) is 0.341. The zero-order valence-electron chi connectivity index (χ0n) is 9.66. The molecule has 1 heterocycles. The van der Waals surface area contributed by atoms with Crippen molar-refractivity contribution < 1.29 is 9.47 Å². The standard InChI is InChI=1S/C12H17NO2S/c1-13-10(5-6-16-2)9-3-4-11-12(7-9)15-8-14-11/h3-4,7,10,13H,5-6,8H2,1-2H3. The molecule has 0 amide bonds. The SMILES string of the molecule is CNC(CCSC)c1ccc2c(c1)OCO2. The molecule has 88 valence electrons. The molecule has 16 heavy (non-hydrogen) atoms. The first-order valence-electron chi connectivity index (χ1n) is 5.41. The van der Waals surface area contributed by atoms with Gasteiger partial charge in [-0.05, 0) is 43.2 Å². The van der Waals surface area contributed by atoms with Gasteiger partial charge in [0.05, 0.1) is 0 Å². The van der Waals surface area contributed by atoms with Gasteiger partial charge in [0.1, 0.15) is 0 Å². The van der Waals surface area contributed by atoms with Gasteiger partial charge in [-0.1, -0.05) is 6.07 Å². The first-order chi connectivity index (χ1) is 7.85. The number of benzene rings is 1. The molecule has 1 unspecified atom stereocenters. The average Bonchev–Trinajstić information content (AvgIpc) is 2.77. The van der Waals surface area contributed by atoms with E-state index in [9.17, 15) is 0 Å². The van der Waals surface area contributed by atoms with Crippen LogP contribution in [0, 0.1) is 0 Å². The summed E-state index contributed by atoms with van der Waals surface area (Å²) in [5, 5.41) is 3.33.